The van der Waals surface area contributed by atoms with E-state index >= 15 is 0 Å². The van der Waals surface area contributed by atoms with E-state index in [2.05, 4.69) is 14.7 Å². The maximum absolute atomic E-state index is 13.1. The maximum atomic E-state index is 13.1. The van der Waals surface area contributed by atoms with Gasteiger partial charge in [0, 0.05) is 26.7 Å². The van der Waals surface area contributed by atoms with Gasteiger partial charge in [0.2, 0.25) is 0 Å². The highest BCUT2D eigenvalue weighted by Gasteiger charge is 2.55. The van der Waals surface area contributed by atoms with Gasteiger partial charge >= 0.3 is 16.4 Å². The number of aromatic nitrogens is 4. The van der Waals surface area contributed by atoms with Crippen LogP contribution in [0.3, 0.4) is 0 Å². The van der Waals surface area contributed by atoms with Gasteiger partial charge in [-0.05, 0) is 0 Å². The van der Waals surface area contributed by atoms with Crippen LogP contribution in [-0.4, -0.2) is 80.8 Å². The number of urea groups is 1. The molecule has 0 aliphatic carbocycles. The number of fused-ring (bicyclic) bond motifs is 4. The first-order valence-corrected chi connectivity index (χ1v) is 11.5. The Morgan fingerprint density at radius 1 is 1.35 bits per heavy atom. The summed E-state index contributed by atoms with van der Waals surface area (Å²) in [6.45, 7) is 0.0337. The number of carbonyl (C=O) groups excluding carboxylic acids is 3. The highest BCUT2D eigenvalue weighted by Crippen LogP contribution is 2.46. The molecule has 4 heterocycles. The summed E-state index contributed by atoms with van der Waals surface area (Å²) < 4.78 is 41.5. The van der Waals surface area contributed by atoms with Crippen LogP contribution in [-0.2, 0) is 47.2 Å². The summed E-state index contributed by atoms with van der Waals surface area (Å²) in [4.78, 5) is 41.5. The molecule has 2 bridgehead atoms. The number of nitrogens with one attached hydrogen (secondary N) is 1. The Balaban J connectivity index is 1.76. The van der Waals surface area contributed by atoms with Crippen LogP contribution >= 0.6 is 0 Å². The molecule has 1 fully saturated rings. The lowest BCUT2D eigenvalue weighted by atomic mass is 9.94. The number of aryl methyl sites for hydroxylation is 3. The molecule has 2 aromatic rings. The average molecular weight is 498 g/mol. The predicted octanol–water partition coefficient (Wildman–Crippen LogP) is -1.83. The van der Waals surface area contributed by atoms with E-state index < -0.39 is 40.3 Å². The first kappa shape index (κ1) is 23.7. The first-order chi connectivity index (χ1) is 15.8. The third-order valence-electron chi connectivity index (χ3n) is 5.84. The van der Waals surface area contributed by atoms with Crippen molar-refractivity contribution in [2.45, 2.75) is 18.6 Å². The minimum atomic E-state index is -5.06. The van der Waals surface area contributed by atoms with E-state index in [1.54, 1.807) is 0 Å². The summed E-state index contributed by atoms with van der Waals surface area (Å²) in [5.41, 5.74) is 1.16. The molecule has 0 saturated carbocycles. The van der Waals surface area contributed by atoms with Crippen LogP contribution in [0.25, 0.3) is 0 Å². The molecule has 4 rings (SSSR count). The Morgan fingerprint density at radius 3 is 2.59 bits per heavy atom. The predicted molar refractivity (Wildman–Crippen MR) is 112 cm³/mol. The number of likely N-dealkylation sites (N-methyl/N-ethyl adjacent to an activating group) is 1. The summed E-state index contributed by atoms with van der Waals surface area (Å²) in [7, 11) is 3.16. The summed E-state index contributed by atoms with van der Waals surface area (Å²) in [6, 6.07) is -3.21. The smallest absolute Gasteiger partial charge is 0.347 e. The SMILES string of the molecule is CN(C)C(=O)C1c2c(c(C(=O)NCc3cn(C)[n+](C)c3)nn2C)C2CN1C(=O)N2OS(=O)(=O)O. The van der Waals surface area contributed by atoms with Gasteiger partial charge in [0.25, 0.3) is 11.8 Å². The summed E-state index contributed by atoms with van der Waals surface area (Å²) in [5.74, 6) is -1.06. The second-order valence-corrected chi connectivity index (χ2v) is 9.35. The van der Waals surface area contributed by atoms with Crippen LogP contribution in [0.5, 0.6) is 0 Å². The van der Waals surface area contributed by atoms with E-state index in [1.807, 2.05) is 35.9 Å². The van der Waals surface area contributed by atoms with Gasteiger partial charge in [-0.15, -0.1) is 8.97 Å². The quantitative estimate of drug-likeness (QED) is 0.348. The van der Waals surface area contributed by atoms with E-state index in [9.17, 15) is 27.4 Å². The molecule has 15 nitrogen and oxygen atoms in total. The normalized spacial score (nSPS) is 19.4. The third kappa shape index (κ3) is 3.88. The summed E-state index contributed by atoms with van der Waals surface area (Å²) in [5, 5.41) is 7.49. The summed E-state index contributed by atoms with van der Waals surface area (Å²) in [6.07, 6.45) is 3.66. The standard InChI is InChI=1S/C18H24N8O7S/c1-21(2)17(28)15-14-12(11-9-25(15)18(29)26(11)33-34(30,31)32)13(20-24(14)5)16(27)19-6-10-7-22(3)23(4)8-10/h7-8,11,15H,6,9H2,1-5H3,(H-,19,27,30,31,32)/p+1. The first-order valence-electron chi connectivity index (χ1n) is 10.1. The highest BCUT2D eigenvalue weighted by atomic mass is 32.3. The van der Waals surface area contributed by atoms with Gasteiger partial charge in [0.1, 0.15) is 6.04 Å². The van der Waals surface area contributed by atoms with E-state index in [0.717, 1.165) is 10.5 Å². The fraction of sp³-hybridized carbons (Fsp3) is 0.500. The van der Waals surface area contributed by atoms with Crippen molar-refractivity contribution in [1.29, 1.82) is 0 Å². The van der Waals surface area contributed by atoms with Crippen molar-refractivity contribution in [1.82, 2.24) is 34.6 Å². The van der Waals surface area contributed by atoms with Crippen LogP contribution in [0.1, 0.15) is 39.4 Å². The van der Waals surface area contributed by atoms with E-state index in [4.69, 9.17) is 0 Å². The highest BCUT2D eigenvalue weighted by molar-refractivity contribution is 7.80. The van der Waals surface area contributed by atoms with Crippen LogP contribution in [0, 0.1) is 0 Å². The number of amides is 4. The average Bonchev–Trinajstić information content (AvgIpc) is 3.34. The van der Waals surface area contributed by atoms with Crippen molar-refractivity contribution in [3.8, 4) is 0 Å². The molecule has 0 spiro atoms. The zero-order chi connectivity index (χ0) is 25.1. The van der Waals surface area contributed by atoms with Crippen molar-refractivity contribution in [2.24, 2.45) is 21.1 Å². The molecule has 1 saturated heterocycles. The van der Waals surface area contributed by atoms with E-state index in [0.29, 0.717) is 5.06 Å². The van der Waals surface area contributed by atoms with Crippen molar-refractivity contribution >= 4 is 28.2 Å². The minimum Gasteiger partial charge on any atom is -0.347 e. The fourth-order valence-corrected chi connectivity index (χ4v) is 4.65. The number of carbonyl (C=O) groups is 3. The van der Waals surface area contributed by atoms with Gasteiger partial charge in [-0.3, -0.25) is 18.8 Å². The summed E-state index contributed by atoms with van der Waals surface area (Å²) >= 11 is 0. The molecule has 2 atom stereocenters. The Morgan fingerprint density at radius 2 is 2.03 bits per heavy atom. The van der Waals surface area contributed by atoms with Crippen molar-refractivity contribution in [2.75, 3.05) is 20.6 Å². The number of hydrogen-bond donors (Lipinski definition) is 2. The molecule has 34 heavy (non-hydrogen) atoms. The number of rotatable bonds is 6. The number of nitrogens with zero attached hydrogens (tertiary/aromatic N) is 7. The Bertz CT molecular complexity index is 1280. The second kappa shape index (κ2) is 8.07. The zero-order valence-corrected chi connectivity index (χ0v) is 20.0. The largest absolute Gasteiger partial charge is 0.418 e. The Hall–Kier alpha value is -3.50. The molecule has 2 aliphatic heterocycles. The van der Waals surface area contributed by atoms with E-state index in [-0.39, 0.29) is 30.0 Å². The lowest BCUT2D eigenvalue weighted by Crippen LogP contribution is -2.44. The van der Waals surface area contributed by atoms with Crippen LogP contribution in [0.2, 0.25) is 0 Å². The van der Waals surface area contributed by atoms with Gasteiger partial charge in [0.05, 0.1) is 37.6 Å². The molecule has 4 amide bonds. The van der Waals surface area contributed by atoms with Gasteiger partial charge in [-0.25, -0.2) is 4.79 Å². The third-order valence-corrected chi connectivity index (χ3v) is 6.19. The molecule has 0 radical (unpaired) electrons. The molecular formula is C18H25N8O7S+. The van der Waals surface area contributed by atoms with Crippen LogP contribution in [0.15, 0.2) is 12.4 Å². The number of hydroxylamine groups is 2. The fourth-order valence-electron chi connectivity index (χ4n) is 4.28. The molecule has 2 aromatic heterocycles. The molecule has 2 N–H and O–H groups in total. The number of hydrogen-bond acceptors (Lipinski definition) is 7. The lowest BCUT2D eigenvalue weighted by molar-refractivity contribution is -0.751. The second-order valence-electron chi connectivity index (χ2n) is 8.35. The van der Waals surface area contributed by atoms with Crippen molar-refractivity contribution < 1.29 is 36.3 Å². The van der Waals surface area contributed by atoms with Crippen LogP contribution < -0.4 is 10.00 Å². The molecule has 0 aromatic carbocycles. The van der Waals surface area contributed by atoms with Gasteiger partial charge in [-0.2, -0.15) is 23.3 Å². The van der Waals surface area contributed by atoms with Gasteiger partial charge in [-0.1, -0.05) is 0 Å². The van der Waals surface area contributed by atoms with Crippen LogP contribution in [0.4, 0.5) is 4.79 Å². The molecular weight excluding hydrogens is 472 g/mol. The molecule has 16 heteroatoms. The van der Waals surface area contributed by atoms with Gasteiger partial charge in [0.15, 0.2) is 25.0 Å². The minimum absolute atomic E-state index is 0.0855. The molecule has 184 valence electrons. The topological polar surface area (TPSA) is 163 Å². The van der Waals surface area contributed by atoms with Crippen molar-refractivity contribution in [3.63, 3.8) is 0 Å². The van der Waals surface area contributed by atoms with Crippen molar-refractivity contribution in [3.05, 3.63) is 34.9 Å². The monoisotopic (exact) mass is 497 g/mol. The Labute approximate surface area is 194 Å². The van der Waals surface area contributed by atoms with Gasteiger partial charge < -0.3 is 15.1 Å². The lowest BCUT2D eigenvalue weighted by Gasteiger charge is -2.31. The maximum Gasteiger partial charge on any atom is 0.418 e. The Kier molecular flexibility index (Phi) is 5.61. The zero-order valence-electron chi connectivity index (χ0n) is 19.2. The molecule has 2 unspecified atom stereocenters. The molecule has 2 aliphatic rings. The van der Waals surface area contributed by atoms with E-state index in [1.165, 1.54) is 30.7 Å².